The van der Waals surface area contributed by atoms with Gasteiger partial charge >= 0.3 is 0 Å². The topological polar surface area (TPSA) is 61.7 Å². The smallest absolute Gasteiger partial charge is 0.256 e. The van der Waals surface area contributed by atoms with Crippen molar-refractivity contribution in [2.75, 3.05) is 6.54 Å². The number of hydrogen-bond donors (Lipinski definition) is 2. The molecule has 0 radical (unpaired) electrons. The van der Waals surface area contributed by atoms with Gasteiger partial charge in [0.25, 0.3) is 5.91 Å². The van der Waals surface area contributed by atoms with Crippen molar-refractivity contribution < 1.29 is 14.3 Å². The number of β-amino-alcohol motifs (C(OH)–C–C–N with tert-alkyl or cyclic N) is 1. The third-order valence-electron chi connectivity index (χ3n) is 5.47. The summed E-state index contributed by atoms with van der Waals surface area (Å²) in [4.78, 5) is 16.9. The molecule has 4 rings (SSSR count). The molecule has 2 aliphatic rings. The number of aliphatic hydroxyl groups excluding tert-OH is 1. The van der Waals surface area contributed by atoms with E-state index in [9.17, 15) is 14.3 Å². The summed E-state index contributed by atoms with van der Waals surface area (Å²) in [5.74, 6) is -0.422. The van der Waals surface area contributed by atoms with E-state index in [1.165, 1.54) is 6.07 Å². The minimum absolute atomic E-state index is 0.0338. The zero-order valence-electron chi connectivity index (χ0n) is 14.6. The first-order chi connectivity index (χ1) is 12.5. The van der Waals surface area contributed by atoms with E-state index in [0.717, 1.165) is 16.8 Å². The summed E-state index contributed by atoms with van der Waals surface area (Å²) < 4.78 is 14.0. The van der Waals surface area contributed by atoms with Crippen LogP contribution in [0.25, 0.3) is 11.1 Å². The number of nitrogens with zero attached hydrogens (tertiary/aromatic N) is 1. The van der Waals surface area contributed by atoms with Crippen LogP contribution in [0.2, 0.25) is 0 Å². The van der Waals surface area contributed by atoms with Gasteiger partial charge in [0.05, 0.1) is 11.5 Å². The largest absolute Gasteiger partial charge is 0.392 e. The van der Waals surface area contributed by atoms with Crippen LogP contribution in [0.15, 0.2) is 53.5 Å². The van der Waals surface area contributed by atoms with Gasteiger partial charge in [0.1, 0.15) is 5.82 Å². The molecule has 2 N–H and O–H groups in total. The fourth-order valence-electron chi connectivity index (χ4n) is 3.84. The lowest BCUT2D eigenvalue weighted by Crippen LogP contribution is -2.33. The van der Waals surface area contributed by atoms with Crippen molar-refractivity contribution in [2.24, 2.45) is 4.99 Å². The molecule has 0 aromatic heterocycles. The number of aliphatic hydroxyl groups is 1. The monoisotopic (exact) mass is 352 g/mol. The van der Waals surface area contributed by atoms with Gasteiger partial charge in [-0.1, -0.05) is 42.5 Å². The summed E-state index contributed by atoms with van der Waals surface area (Å²) >= 11 is 0. The van der Waals surface area contributed by atoms with E-state index in [-0.39, 0.29) is 23.9 Å². The van der Waals surface area contributed by atoms with Crippen LogP contribution >= 0.6 is 0 Å². The van der Waals surface area contributed by atoms with Gasteiger partial charge in [-0.2, -0.15) is 0 Å². The van der Waals surface area contributed by atoms with E-state index in [1.807, 2.05) is 31.2 Å². The van der Waals surface area contributed by atoms with Crippen LogP contribution < -0.4 is 5.32 Å². The number of nitrogens with one attached hydrogen (secondary N) is 1. The molecule has 134 valence electrons. The number of amides is 1. The van der Waals surface area contributed by atoms with Gasteiger partial charge in [0.15, 0.2) is 0 Å². The molecule has 3 atom stereocenters. The first-order valence-electron chi connectivity index (χ1n) is 8.86. The Labute approximate surface area is 151 Å². The van der Waals surface area contributed by atoms with Gasteiger partial charge in [-0.25, -0.2) is 9.38 Å². The van der Waals surface area contributed by atoms with Crippen LogP contribution in [0.4, 0.5) is 4.39 Å². The van der Waals surface area contributed by atoms with Gasteiger partial charge in [-0.3, -0.25) is 4.79 Å². The highest BCUT2D eigenvalue weighted by Crippen LogP contribution is 2.37. The maximum Gasteiger partial charge on any atom is 0.256 e. The van der Waals surface area contributed by atoms with Crippen molar-refractivity contribution in [1.82, 2.24) is 5.32 Å². The maximum atomic E-state index is 14.0. The van der Waals surface area contributed by atoms with Crippen molar-refractivity contribution in [3.63, 3.8) is 0 Å². The Morgan fingerprint density at radius 2 is 1.92 bits per heavy atom. The zero-order chi connectivity index (χ0) is 18.3. The van der Waals surface area contributed by atoms with Crippen LogP contribution in [0.3, 0.4) is 0 Å². The molecule has 1 fully saturated rings. The fourth-order valence-corrected chi connectivity index (χ4v) is 3.84. The Morgan fingerprint density at radius 1 is 1.19 bits per heavy atom. The minimum atomic E-state index is -0.710. The highest BCUT2D eigenvalue weighted by atomic mass is 19.1. The normalized spacial score (nSPS) is 28.4. The molecule has 0 bridgehead atoms. The van der Waals surface area contributed by atoms with Crippen LogP contribution in [-0.4, -0.2) is 35.4 Å². The first kappa shape index (κ1) is 17.1. The summed E-state index contributed by atoms with van der Waals surface area (Å²) in [6.45, 7) is 2.43. The lowest BCUT2D eigenvalue weighted by Gasteiger charge is -2.23. The van der Waals surface area contributed by atoms with Gasteiger partial charge in [0.2, 0.25) is 0 Å². The molecular weight excluding hydrogens is 331 g/mol. The molecule has 2 aromatic carbocycles. The molecular formula is C21H21FN2O2. The average molecular weight is 352 g/mol. The lowest BCUT2D eigenvalue weighted by atomic mass is 9.78. The molecule has 26 heavy (non-hydrogen) atoms. The van der Waals surface area contributed by atoms with E-state index >= 15 is 0 Å². The third kappa shape index (κ3) is 2.87. The number of carbonyl (C=O) groups is 1. The molecule has 0 saturated carbocycles. The van der Waals surface area contributed by atoms with Crippen molar-refractivity contribution >= 4 is 11.6 Å². The van der Waals surface area contributed by atoms with E-state index in [4.69, 9.17) is 0 Å². The Bertz CT molecular complexity index is 878. The molecule has 2 aromatic rings. The molecule has 0 aliphatic carbocycles. The standard InChI is InChI=1S/C21H21FN2O2/c1-21(11-19(24-20(21)26)18-10-15(25)12-23-18)14-8-6-13(7-9-14)16-4-2-3-5-17(16)22/h2-9,15,18,23,25H,10-12H2,1H3/t15-,18?,21+/m1/s1. The zero-order valence-corrected chi connectivity index (χ0v) is 14.6. The number of benzene rings is 2. The second-order valence-electron chi connectivity index (χ2n) is 7.32. The number of hydrogen-bond acceptors (Lipinski definition) is 3. The second kappa shape index (κ2) is 6.41. The number of carbonyl (C=O) groups excluding carboxylic acids is 1. The quantitative estimate of drug-likeness (QED) is 0.893. The first-order valence-corrected chi connectivity index (χ1v) is 8.86. The summed E-state index contributed by atoms with van der Waals surface area (Å²) in [5, 5.41) is 12.9. The molecule has 0 spiro atoms. The molecule has 4 nitrogen and oxygen atoms in total. The van der Waals surface area contributed by atoms with Gasteiger partial charge in [0, 0.05) is 30.3 Å². The second-order valence-corrected chi connectivity index (χ2v) is 7.32. The third-order valence-corrected chi connectivity index (χ3v) is 5.47. The van der Waals surface area contributed by atoms with E-state index in [0.29, 0.717) is 24.9 Å². The Kier molecular flexibility index (Phi) is 4.21. The minimum Gasteiger partial charge on any atom is -0.392 e. The average Bonchev–Trinajstić information content (AvgIpc) is 3.20. The van der Waals surface area contributed by atoms with Crippen LogP contribution in [0, 0.1) is 5.82 Å². The molecule has 2 heterocycles. The summed E-state index contributed by atoms with van der Waals surface area (Å²) in [6.07, 6.45) is 0.744. The number of aliphatic imine (C=N–C) groups is 1. The fraction of sp³-hybridized carbons (Fsp3) is 0.333. The predicted molar refractivity (Wildman–Crippen MR) is 98.7 cm³/mol. The Balaban J connectivity index is 1.58. The lowest BCUT2D eigenvalue weighted by molar-refractivity contribution is -0.121. The highest BCUT2D eigenvalue weighted by Gasteiger charge is 2.44. The van der Waals surface area contributed by atoms with E-state index in [2.05, 4.69) is 10.3 Å². The van der Waals surface area contributed by atoms with Gasteiger partial charge < -0.3 is 10.4 Å². The highest BCUT2D eigenvalue weighted by molar-refractivity contribution is 6.10. The van der Waals surface area contributed by atoms with Gasteiger partial charge in [-0.15, -0.1) is 0 Å². The van der Waals surface area contributed by atoms with Crippen molar-refractivity contribution in [3.8, 4) is 11.1 Å². The van der Waals surface area contributed by atoms with Crippen molar-refractivity contribution in [1.29, 1.82) is 0 Å². The molecule has 5 heteroatoms. The van der Waals surface area contributed by atoms with Gasteiger partial charge in [-0.05, 0) is 30.5 Å². The van der Waals surface area contributed by atoms with Crippen molar-refractivity contribution in [3.05, 3.63) is 59.9 Å². The maximum absolute atomic E-state index is 14.0. The SMILES string of the molecule is C[C@@]1(c2ccc(-c3ccccc3F)cc2)CC(C2C[C@@H](O)CN2)=NC1=O. The van der Waals surface area contributed by atoms with Crippen molar-refractivity contribution in [2.45, 2.75) is 37.3 Å². The number of halogens is 1. The summed E-state index contributed by atoms with van der Waals surface area (Å²) in [6, 6.07) is 14.1. The molecule has 1 amide bonds. The van der Waals surface area contributed by atoms with Crippen LogP contribution in [0.5, 0.6) is 0 Å². The number of rotatable bonds is 3. The van der Waals surface area contributed by atoms with Crippen LogP contribution in [-0.2, 0) is 10.2 Å². The summed E-state index contributed by atoms with van der Waals surface area (Å²) in [7, 11) is 0. The molecule has 1 unspecified atom stereocenters. The molecule has 2 aliphatic heterocycles. The summed E-state index contributed by atoms with van der Waals surface area (Å²) in [5.41, 5.74) is 2.30. The van der Waals surface area contributed by atoms with Crippen LogP contribution in [0.1, 0.15) is 25.3 Å². The Hall–Kier alpha value is -2.37. The van der Waals surface area contributed by atoms with E-state index in [1.54, 1.807) is 18.2 Å². The predicted octanol–water partition coefficient (Wildman–Crippen LogP) is 2.84. The molecule has 1 saturated heterocycles. The Morgan fingerprint density at radius 3 is 2.58 bits per heavy atom. The van der Waals surface area contributed by atoms with E-state index < -0.39 is 5.41 Å².